The van der Waals surface area contributed by atoms with Gasteiger partial charge in [0.2, 0.25) is 0 Å². The molecule has 1 aliphatic rings. The molecule has 26 heavy (non-hydrogen) atoms. The van der Waals surface area contributed by atoms with Gasteiger partial charge in [-0.05, 0) is 48.9 Å². The Kier molecular flexibility index (Phi) is 6.99. The van der Waals surface area contributed by atoms with Crippen LogP contribution in [0.25, 0.3) is 6.08 Å². The molecule has 0 radical (unpaired) electrons. The summed E-state index contributed by atoms with van der Waals surface area (Å²) in [6.07, 6.45) is 8.84. The Hall–Kier alpha value is -2.43. The Morgan fingerprint density at radius 1 is 1.12 bits per heavy atom. The third-order valence-electron chi connectivity index (χ3n) is 4.35. The van der Waals surface area contributed by atoms with Gasteiger partial charge in [-0.2, -0.15) is 0 Å². The van der Waals surface area contributed by atoms with Gasteiger partial charge in [0.15, 0.2) is 6.29 Å². The number of ether oxygens (including phenoxy) is 1. The predicted molar refractivity (Wildman–Crippen MR) is 102 cm³/mol. The summed E-state index contributed by atoms with van der Waals surface area (Å²) in [6, 6.07) is 17.9. The second-order valence-corrected chi connectivity index (χ2v) is 6.39. The van der Waals surface area contributed by atoms with E-state index in [9.17, 15) is 4.79 Å². The third-order valence-corrected chi connectivity index (χ3v) is 4.35. The van der Waals surface area contributed by atoms with E-state index in [0.717, 1.165) is 37.7 Å². The smallest absolute Gasteiger partial charge is 0.274 e. The molecule has 0 saturated carbocycles. The second-order valence-electron chi connectivity index (χ2n) is 6.39. The molecule has 1 heterocycles. The lowest BCUT2D eigenvalue weighted by Gasteiger charge is -2.22. The summed E-state index contributed by atoms with van der Waals surface area (Å²) in [6.45, 7) is 0.686. The maximum atomic E-state index is 12.1. The zero-order valence-electron chi connectivity index (χ0n) is 14.9. The SMILES string of the molecule is O=C(NOC1CCCCO1)c1ccc(/C=C/CCc2ccccc2)cc1. The number of allylic oxidation sites excluding steroid dienone is 1. The Morgan fingerprint density at radius 3 is 2.65 bits per heavy atom. The second kappa shape index (κ2) is 9.90. The average Bonchev–Trinajstić information content (AvgIpc) is 2.71. The molecule has 1 aliphatic heterocycles. The number of benzene rings is 2. The van der Waals surface area contributed by atoms with E-state index in [-0.39, 0.29) is 12.2 Å². The van der Waals surface area contributed by atoms with Crippen LogP contribution in [0.4, 0.5) is 0 Å². The Bertz CT molecular complexity index is 704. The number of hydrogen-bond acceptors (Lipinski definition) is 3. The van der Waals surface area contributed by atoms with Gasteiger partial charge in [0.05, 0.1) is 0 Å². The van der Waals surface area contributed by atoms with Gasteiger partial charge in [-0.15, -0.1) is 0 Å². The number of aryl methyl sites for hydroxylation is 1. The van der Waals surface area contributed by atoms with Crippen LogP contribution in [0.3, 0.4) is 0 Å². The molecule has 136 valence electrons. The van der Waals surface area contributed by atoms with Crippen molar-refractivity contribution >= 4 is 12.0 Å². The first-order valence-corrected chi connectivity index (χ1v) is 9.19. The normalized spacial score (nSPS) is 17.3. The van der Waals surface area contributed by atoms with Crippen LogP contribution < -0.4 is 5.48 Å². The van der Waals surface area contributed by atoms with Crippen LogP contribution in [-0.2, 0) is 16.0 Å². The van der Waals surface area contributed by atoms with Gasteiger partial charge >= 0.3 is 0 Å². The quantitative estimate of drug-likeness (QED) is 0.746. The minimum absolute atomic E-state index is 0.251. The molecular formula is C22H25NO3. The van der Waals surface area contributed by atoms with Gasteiger partial charge in [-0.3, -0.25) is 4.79 Å². The van der Waals surface area contributed by atoms with E-state index < -0.39 is 0 Å². The van der Waals surface area contributed by atoms with Crippen molar-refractivity contribution in [3.63, 3.8) is 0 Å². The van der Waals surface area contributed by atoms with Crippen LogP contribution in [0, 0.1) is 0 Å². The number of nitrogens with one attached hydrogen (secondary N) is 1. The highest BCUT2D eigenvalue weighted by atomic mass is 16.8. The highest BCUT2D eigenvalue weighted by molar-refractivity contribution is 5.93. The van der Waals surface area contributed by atoms with Crippen molar-refractivity contribution < 1.29 is 14.4 Å². The first-order chi connectivity index (χ1) is 12.8. The van der Waals surface area contributed by atoms with Gasteiger partial charge < -0.3 is 4.74 Å². The monoisotopic (exact) mass is 351 g/mol. The van der Waals surface area contributed by atoms with E-state index in [1.807, 2.05) is 18.2 Å². The van der Waals surface area contributed by atoms with Gasteiger partial charge in [-0.1, -0.05) is 54.6 Å². The van der Waals surface area contributed by atoms with Crippen molar-refractivity contribution in [2.45, 2.75) is 38.4 Å². The molecule has 1 saturated heterocycles. The lowest BCUT2D eigenvalue weighted by atomic mass is 10.1. The Labute approximate surface area is 154 Å². The van der Waals surface area contributed by atoms with Crippen LogP contribution in [0.5, 0.6) is 0 Å². The fraction of sp³-hybridized carbons (Fsp3) is 0.318. The summed E-state index contributed by atoms with van der Waals surface area (Å²) < 4.78 is 5.42. The van der Waals surface area contributed by atoms with Crippen molar-refractivity contribution in [2.75, 3.05) is 6.61 Å². The van der Waals surface area contributed by atoms with Crippen LogP contribution in [0.15, 0.2) is 60.7 Å². The molecule has 1 atom stereocenters. The molecule has 1 N–H and O–H groups in total. The fourth-order valence-corrected chi connectivity index (χ4v) is 2.84. The summed E-state index contributed by atoms with van der Waals surface area (Å²) in [7, 11) is 0. The number of hydrogen-bond donors (Lipinski definition) is 1. The van der Waals surface area contributed by atoms with Gasteiger partial charge in [-0.25, -0.2) is 10.3 Å². The summed E-state index contributed by atoms with van der Waals surface area (Å²) in [5.41, 5.74) is 5.46. The van der Waals surface area contributed by atoms with Crippen LogP contribution in [0.2, 0.25) is 0 Å². The number of carbonyl (C=O) groups is 1. The van der Waals surface area contributed by atoms with E-state index in [1.54, 1.807) is 12.1 Å². The molecule has 1 unspecified atom stereocenters. The van der Waals surface area contributed by atoms with Crippen LogP contribution >= 0.6 is 0 Å². The molecule has 0 spiro atoms. The lowest BCUT2D eigenvalue weighted by molar-refractivity contribution is -0.186. The number of rotatable bonds is 7. The highest BCUT2D eigenvalue weighted by Crippen LogP contribution is 2.13. The van der Waals surface area contributed by atoms with Crippen molar-refractivity contribution in [2.24, 2.45) is 0 Å². The lowest BCUT2D eigenvalue weighted by Crippen LogP contribution is -2.33. The maximum Gasteiger partial charge on any atom is 0.274 e. The molecule has 0 bridgehead atoms. The summed E-state index contributed by atoms with van der Waals surface area (Å²) in [4.78, 5) is 17.4. The topological polar surface area (TPSA) is 47.6 Å². The average molecular weight is 351 g/mol. The predicted octanol–water partition coefficient (Wildman–Crippen LogP) is 4.52. The molecule has 0 aromatic heterocycles. The van der Waals surface area contributed by atoms with Crippen LogP contribution in [0.1, 0.15) is 47.2 Å². The van der Waals surface area contributed by atoms with Gasteiger partial charge in [0.1, 0.15) is 0 Å². The van der Waals surface area contributed by atoms with E-state index in [2.05, 4.69) is 41.9 Å². The maximum absolute atomic E-state index is 12.1. The van der Waals surface area contributed by atoms with Crippen molar-refractivity contribution in [3.8, 4) is 0 Å². The first-order valence-electron chi connectivity index (χ1n) is 9.19. The molecule has 1 fully saturated rings. The van der Waals surface area contributed by atoms with E-state index in [4.69, 9.17) is 9.57 Å². The van der Waals surface area contributed by atoms with E-state index in [0.29, 0.717) is 12.2 Å². The molecule has 3 rings (SSSR count). The zero-order valence-corrected chi connectivity index (χ0v) is 14.9. The van der Waals surface area contributed by atoms with E-state index in [1.165, 1.54) is 5.56 Å². The molecule has 2 aromatic rings. The van der Waals surface area contributed by atoms with Gasteiger partial charge in [0.25, 0.3) is 5.91 Å². The highest BCUT2D eigenvalue weighted by Gasteiger charge is 2.16. The van der Waals surface area contributed by atoms with Crippen molar-refractivity contribution in [1.29, 1.82) is 0 Å². The summed E-state index contributed by atoms with van der Waals surface area (Å²) >= 11 is 0. The first kappa shape index (κ1) is 18.4. The summed E-state index contributed by atoms with van der Waals surface area (Å²) in [5, 5.41) is 0. The standard InChI is InChI=1S/C22H25NO3/c24-22(23-26-21-12-6-7-17-25-21)20-15-13-19(14-16-20)11-5-4-10-18-8-2-1-3-9-18/h1-3,5,8-9,11,13-16,21H,4,6-7,10,12,17H2,(H,23,24)/b11-5+. The minimum Gasteiger partial charge on any atom is -0.350 e. The minimum atomic E-state index is -0.334. The van der Waals surface area contributed by atoms with Crippen LogP contribution in [-0.4, -0.2) is 18.8 Å². The van der Waals surface area contributed by atoms with Crippen molar-refractivity contribution in [3.05, 3.63) is 77.4 Å². The van der Waals surface area contributed by atoms with E-state index >= 15 is 0 Å². The molecule has 4 nitrogen and oxygen atoms in total. The number of hydroxylamine groups is 1. The number of amides is 1. The fourth-order valence-electron chi connectivity index (χ4n) is 2.84. The molecule has 2 aromatic carbocycles. The van der Waals surface area contributed by atoms with Gasteiger partial charge in [0, 0.05) is 18.6 Å². The zero-order chi connectivity index (χ0) is 18.0. The Morgan fingerprint density at radius 2 is 1.92 bits per heavy atom. The number of carbonyl (C=O) groups excluding carboxylic acids is 1. The molecule has 1 amide bonds. The summed E-state index contributed by atoms with van der Waals surface area (Å²) in [5.74, 6) is -0.251. The Balaban J connectivity index is 1.43. The molecule has 0 aliphatic carbocycles. The van der Waals surface area contributed by atoms with Crippen molar-refractivity contribution in [1.82, 2.24) is 5.48 Å². The molecular weight excluding hydrogens is 326 g/mol. The molecule has 4 heteroatoms. The third kappa shape index (κ3) is 5.83. The largest absolute Gasteiger partial charge is 0.350 e.